The molecule has 2 heterocycles. The molecule has 2 aromatic rings. The number of amides is 1. The maximum Gasteiger partial charge on any atom is 0.279 e. The standard InChI is InChI=1S/C16H20ClN5O/c1-12-3-2-6-21(8-12)9-16(23)20-14-7-13(17)4-5-15(14)22-11-18-10-19-22/h4-5,7,10-12H,2-3,6,8-9H2,1H3,(H,20,23)/p+1/t12-/m1/s1. The van der Waals surface area contributed by atoms with Gasteiger partial charge in [-0.15, -0.1) is 0 Å². The van der Waals surface area contributed by atoms with Gasteiger partial charge < -0.3 is 10.2 Å². The molecule has 0 saturated carbocycles. The molecule has 1 aliphatic rings. The molecule has 1 saturated heterocycles. The topological polar surface area (TPSA) is 64.2 Å². The van der Waals surface area contributed by atoms with Crippen molar-refractivity contribution in [3.05, 3.63) is 35.9 Å². The Hall–Kier alpha value is -1.92. The lowest BCUT2D eigenvalue weighted by molar-refractivity contribution is -0.900. The quantitative estimate of drug-likeness (QED) is 0.882. The van der Waals surface area contributed by atoms with E-state index in [9.17, 15) is 4.79 Å². The minimum absolute atomic E-state index is 0.00210. The number of halogens is 1. The predicted octanol–water partition coefficient (Wildman–Crippen LogP) is 1.17. The molecule has 1 aromatic carbocycles. The zero-order valence-electron chi connectivity index (χ0n) is 13.1. The Morgan fingerprint density at radius 2 is 2.39 bits per heavy atom. The number of rotatable bonds is 4. The van der Waals surface area contributed by atoms with Crippen molar-refractivity contribution < 1.29 is 9.69 Å². The molecule has 1 unspecified atom stereocenters. The van der Waals surface area contributed by atoms with Crippen LogP contribution in [0.3, 0.4) is 0 Å². The van der Waals surface area contributed by atoms with E-state index in [0.717, 1.165) is 18.8 Å². The summed E-state index contributed by atoms with van der Waals surface area (Å²) in [5.41, 5.74) is 1.40. The molecule has 2 atom stereocenters. The second-order valence-electron chi connectivity index (χ2n) is 6.18. The van der Waals surface area contributed by atoms with Gasteiger partial charge in [0.2, 0.25) is 0 Å². The van der Waals surface area contributed by atoms with Gasteiger partial charge in [0.15, 0.2) is 6.54 Å². The summed E-state index contributed by atoms with van der Waals surface area (Å²) in [6.07, 6.45) is 5.50. The fourth-order valence-electron chi connectivity index (χ4n) is 3.12. The first-order valence-corrected chi connectivity index (χ1v) is 8.27. The Bertz CT molecular complexity index is 673. The summed E-state index contributed by atoms with van der Waals surface area (Å²) in [4.78, 5) is 17.7. The number of aromatic nitrogens is 3. The molecule has 0 bridgehead atoms. The number of carbonyl (C=O) groups is 1. The van der Waals surface area contributed by atoms with Crippen LogP contribution in [0, 0.1) is 5.92 Å². The van der Waals surface area contributed by atoms with Crippen LogP contribution in [0.2, 0.25) is 5.02 Å². The Morgan fingerprint density at radius 3 is 3.13 bits per heavy atom. The number of quaternary nitrogens is 1. The number of nitrogens with zero attached hydrogens (tertiary/aromatic N) is 3. The summed E-state index contributed by atoms with van der Waals surface area (Å²) >= 11 is 6.07. The molecule has 6 nitrogen and oxygen atoms in total. The highest BCUT2D eigenvalue weighted by Gasteiger charge is 2.22. The van der Waals surface area contributed by atoms with Gasteiger partial charge in [-0.2, -0.15) is 5.10 Å². The van der Waals surface area contributed by atoms with Gasteiger partial charge in [0.1, 0.15) is 12.7 Å². The number of hydrogen-bond acceptors (Lipinski definition) is 3. The Balaban J connectivity index is 1.72. The minimum atomic E-state index is -0.00210. The highest BCUT2D eigenvalue weighted by atomic mass is 35.5. The molecular formula is C16H21ClN5O+. The second-order valence-corrected chi connectivity index (χ2v) is 6.61. The third-order valence-corrected chi connectivity index (χ3v) is 4.41. The van der Waals surface area contributed by atoms with Gasteiger partial charge in [-0.05, 0) is 31.0 Å². The third kappa shape index (κ3) is 4.09. The summed E-state index contributed by atoms with van der Waals surface area (Å²) < 4.78 is 1.61. The van der Waals surface area contributed by atoms with Gasteiger partial charge in [0.05, 0.1) is 24.5 Å². The van der Waals surface area contributed by atoms with Crippen molar-refractivity contribution in [1.29, 1.82) is 0 Å². The number of carbonyl (C=O) groups excluding carboxylic acids is 1. The van der Waals surface area contributed by atoms with E-state index in [-0.39, 0.29) is 5.91 Å². The van der Waals surface area contributed by atoms with Crippen molar-refractivity contribution in [3.8, 4) is 5.69 Å². The molecule has 1 aliphatic heterocycles. The number of hydrogen-bond donors (Lipinski definition) is 2. The van der Waals surface area contributed by atoms with Gasteiger partial charge in [-0.1, -0.05) is 18.5 Å². The molecule has 1 fully saturated rings. The van der Waals surface area contributed by atoms with E-state index in [0.29, 0.717) is 23.2 Å². The second kappa shape index (κ2) is 7.10. The lowest BCUT2D eigenvalue weighted by Gasteiger charge is -2.27. The van der Waals surface area contributed by atoms with E-state index >= 15 is 0 Å². The van der Waals surface area contributed by atoms with Crippen LogP contribution in [0.4, 0.5) is 5.69 Å². The van der Waals surface area contributed by atoms with Crippen LogP contribution >= 0.6 is 11.6 Å². The van der Waals surface area contributed by atoms with Gasteiger partial charge in [0, 0.05) is 10.9 Å². The zero-order valence-corrected chi connectivity index (χ0v) is 13.9. The van der Waals surface area contributed by atoms with Crippen molar-refractivity contribution in [2.75, 3.05) is 25.0 Å². The first kappa shape index (κ1) is 16.0. The third-order valence-electron chi connectivity index (χ3n) is 4.17. The molecule has 7 heteroatoms. The van der Waals surface area contributed by atoms with Crippen LogP contribution in [-0.2, 0) is 4.79 Å². The summed E-state index contributed by atoms with van der Waals surface area (Å²) in [6, 6.07) is 5.33. The van der Waals surface area contributed by atoms with Crippen LogP contribution in [-0.4, -0.2) is 40.3 Å². The molecular weight excluding hydrogens is 314 g/mol. The fourth-order valence-corrected chi connectivity index (χ4v) is 3.29. The van der Waals surface area contributed by atoms with E-state index in [1.165, 1.54) is 24.1 Å². The molecule has 0 spiro atoms. The van der Waals surface area contributed by atoms with Crippen molar-refractivity contribution in [1.82, 2.24) is 14.8 Å². The number of nitrogens with one attached hydrogen (secondary N) is 2. The molecule has 2 N–H and O–H groups in total. The molecule has 122 valence electrons. The van der Waals surface area contributed by atoms with E-state index in [1.54, 1.807) is 23.1 Å². The van der Waals surface area contributed by atoms with Crippen molar-refractivity contribution in [2.24, 2.45) is 5.92 Å². The maximum absolute atomic E-state index is 12.4. The highest BCUT2D eigenvalue weighted by molar-refractivity contribution is 6.31. The summed E-state index contributed by atoms with van der Waals surface area (Å²) in [5.74, 6) is 0.682. The van der Waals surface area contributed by atoms with Crippen molar-refractivity contribution >= 4 is 23.2 Å². The van der Waals surface area contributed by atoms with E-state index < -0.39 is 0 Å². The average Bonchev–Trinajstić information content (AvgIpc) is 3.01. The lowest BCUT2D eigenvalue weighted by atomic mass is 10.0. The van der Waals surface area contributed by atoms with Crippen LogP contribution in [0.15, 0.2) is 30.9 Å². The van der Waals surface area contributed by atoms with Crippen molar-refractivity contribution in [2.45, 2.75) is 19.8 Å². The minimum Gasteiger partial charge on any atom is -0.327 e. The summed E-state index contributed by atoms with van der Waals surface area (Å²) in [5, 5.41) is 7.66. The number of benzene rings is 1. The monoisotopic (exact) mass is 334 g/mol. The Labute approximate surface area is 140 Å². The van der Waals surface area contributed by atoms with Gasteiger partial charge in [0.25, 0.3) is 5.91 Å². The van der Waals surface area contributed by atoms with Gasteiger partial charge in [-0.3, -0.25) is 4.79 Å². The molecule has 1 aromatic heterocycles. The van der Waals surface area contributed by atoms with Gasteiger partial charge >= 0.3 is 0 Å². The van der Waals surface area contributed by atoms with Crippen molar-refractivity contribution in [3.63, 3.8) is 0 Å². The predicted molar refractivity (Wildman–Crippen MR) is 89.0 cm³/mol. The first-order valence-electron chi connectivity index (χ1n) is 7.90. The van der Waals surface area contributed by atoms with E-state index in [4.69, 9.17) is 11.6 Å². The zero-order chi connectivity index (χ0) is 16.2. The Morgan fingerprint density at radius 1 is 1.52 bits per heavy atom. The maximum atomic E-state index is 12.4. The van der Waals surface area contributed by atoms with Crippen LogP contribution < -0.4 is 10.2 Å². The van der Waals surface area contributed by atoms with Crippen LogP contribution in [0.25, 0.3) is 5.69 Å². The molecule has 23 heavy (non-hydrogen) atoms. The molecule has 0 radical (unpaired) electrons. The number of piperidine rings is 1. The fraction of sp³-hybridized carbons (Fsp3) is 0.438. The summed E-state index contributed by atoms with van der Waals surface area (Å²) in [7, 11) is 0. The Kier molecular flexibility index (Phi) is 4.93. The van der Waals surface area contributed by atoms with Crippen LogP contribution in [0.5, 0.6) is 0 Å². The summed E-state index contributed by atoms with van der Waals surface area (Å²) in [6.45, 7) is 4.84. The molecule has 3 rings (SSSR count). The number of likely N-dealkylation sites (tertiary alicyclic amines) is 1. The SMILES string of the molecule is C[C@@H]1CCC[NH+](CC(=O)Nc2cc(Cl)ccc2-n2cncn2)C1. The van der Waals surface area contributed by atoms with Crippen LogP contribution in [0.1, 0.15) is 19.8 Å². The molecule has 1 amide bonds. The van der Waals surface area contributed by atoms with E-state index in [2.05, 4.69) is 22.3 Å². The lowest BCUT2D eigenvalue weighted by Crippen LogP contribution is -3.14. The molecule has 0 aliphatic carbocycles. The normalized spacial score (nSPS) is 21.1. The van der Waals surface area contributed by atoms with E-state index in [1.807, 2.05) is 6.07 Å². The smallest absolute Gasteiger partial charge is 0.279 e. The van der Waals surface area contributed by atoms with Gasteiger partial charge in [-0.25, -0.2) is 9.67 Å². The average molecular weight is 335 g/mol. The largest absolute Gasteiger partial charge is 0.327 e. The first-order chi connectivity index (χ1) is 11.1. The number of anilines is 1. The highest BCUT2D eigenvalue weighted by Crippen LogP contribution is 2.23.